The van der Waals surface area contributed by atoms with Crippen LogP contribution in [0.3, 0.4) is 0 Å². The standard InChI is InChI=1S/C14H25N3O4/c1-9(2)4-5-10(3)16-14(21)17-7-6-15-13(20)11(17)8-12(18)19/h9-11H,4-8H2,1-3H3,(H,15,20)(H,16,21)(H,18,19). The number of aliphatic carboxylic acids is 1. The average molecular weight is 299 g/mol. The number of urea groups is 1. The fourth-order valence-corrected chi connectivity index (χ4v) is 2.28. The molecular weight excluding hydrogens is 274 g/mol. The van der Waals surface area contributed by atoms with Gasteiger partial charge in [-0.05, 0) is 25.7 Å². The van der Waals surface area contributed by atoms with Gasteiger partial charge in [0.1, 0.15) is 6.04 Å². The number of carbonyl (C=O) groups is 3. The van der Waals surface area contributed by atoms with Crippen LogP contribution >= 0.6 is 0 Å². The Labute approximate surface area is 125 Å². The predicted octanol–water partition coefficient (Wildman–Crippen LogP) is 0.796. The maximum Gasteiger partial charge on any atom is 0.318 e. The second kappa shape index (κ2) is 7.85. The van der Waals surface area contributed by atoms with Crippen LogP contribution in [0.15, 0.2) is 0 Å². The highest BCUT2D eigenvalue weighted by atomic mass is 16.4. The summed E-state index contributed by atoms with van der Waals surface area (Å²) in [7, 11) is 0. The van der Waals surface area contributed by atoms with Crippen LogP contribution < -0.4 is 10.6 Å². The lowest BCUT2D eigenvalue weighted by Crippen LogP contribution is -2.60. The summed E-state index contributed by atoms with van der Waals surface area (Å²) in [6, 6.07) is -1.31. The molecule has 3 N–H and O–H groups in total. The normalized spacial score (nSPS) is 20.1. The van der Waals surface area contributed by atoms with Gasteiger partial charge in [0.15, 0.2) is 0 Å². The van der Waals surface area contributed by atoms with Crippen LogP contribution in [0.1, 0.15) is 40.0 Å². The van der Waals surface area contributed by atoms with Crippen LogP contribution in [0.25, 0.3) is 0 Å². The van der Waals surface area contributed by atoms with E-state index in [2.05, 4.69) is 24.5 Å². The van der Waals surface area contributed by atoms with Crippen molar-refractivity contribution in [2.75, 3.05) is 13.1 Å². The Morgan fingerprint density at radius 3 is 2.62 bits per heavy atom. The van der Waals surface area contributed by atoms with E-state index in [0.29, 0.717) is 19.0 Å². The summed E-state index contributed by atoms with van der Waals surface area (Å²) in [4.78, 5) is 36.1. The van der Waals surface area contributed by atoms with Crippen molar-refractivity contribution >= 4 is 17.9 Å². The SMILES string of the molecule is CC(C)CCC(C)NC(=O)N1CCNC(=O)C1CC(=O)O. The smallest absolute Gasteiger partial charge is 0.318 e. The molecular formula is C14H25N3O4. The molecule has 0 aromatic rings. The first-order chi connectivity index (χ1) is 9.81. The molecule has 2 atom stereocenters. The number of hydrogen-bond donors (Lipinski definition) is 3. The lowest BCUT2D eigenvalue weighted by atomic mass is 10.0. The fraction of sp³-hybridized carbons (Fsp3) is 0.786. The van der Waals surface area contributed by atoms with Crippen molar-refractivity contribution < 1.29 is 19.5 Å². The van der Waals surface area contributed by atoms with Crippen molar-refractivity contribution in [3.63, 3.8) is 0 Å². The zero-order chi connectivity index (χ0) is 16.0. The van der Waals surface area contributed by atoms with Gasteiger partial charge in [-0.2, -0.15) is 0 Å². The topological polar surface area (TPSA) is 98.7 Å². The van der Waals surface area contributed by atoms with Crippen LogP contribution in [0, 0.1) is 5.92 Å². The maximum absolute atomic E-state index is 12.2. The van der Waals surface area contributed by atoms with E-state index >= 15 is 0 Å². The Balaban J connectivity index is 2.60. The van der Waals surface area contributed by atoms with Crippen LogP contribution in [0.5, 0.6) is 0 Å². The van der Waals surface area contributed by atoms with Crippen LogP contribution in [-0.2, 0) is 9.59 Å². The van der Waals surface area contributed by atoms with E-state index in [0.717, 1.165) is 12.8 Å². The highest BCUT2D eigenvalue weighted by Crippen LogP contribution is 2.11. The quantitative estimate of drug-likeness (QED) is 0.675. The molecule has 1 aliphatic rings. The predicted molar refractivity (Wildman–Crippen MR) is 77.8 cm³/mol. The molecule has 120 valence electrons. The lowest BCUT2D eigenvalue weighted by molar-refractivity contribution is -0.142. The van der Waals surface area contributed by atoms with Gasteiger partial charge in [0, 0.05) is 19.1 Å². The molecule has 0 aromatic heterocycles. The first-order valence-electron chi connectivity index (χ1n) is 7.38. The third-order valence-electron chi connectivity index (χ3n) is 3.51. The Morgan fingerprint density at radius 2 is 2.05 bits per heavy atom. The summed E-state index contributed by atoms with van der Waals surface area (Å²) in [6.07, 6.45) is 1.48. The van der Waals surface area contributed by atoms with Crippen molar-refractivity contribution in [3.8, 4) is 0 Å². The number of rotatable bonds is 6. The zero-order valence-electron chi connectivity index (χ0n) is 12.9. The molecule has 0 saturated carbocycles. The molecule has 21 heavy (non-hydrogen) atoms. The van der Waals surface area contributed by atoms with Gasteiger partial charge < -0.3 is 20.6 Å². The maximum atomic E-state index is 12.2. The molecule has 1 aliphatic heterocycles. The summed E-state index contributed by atoms with van der Waals surface area (Å²) in [5.41, 5.74) is 0. The number of carboxylic acids is 1. The summed E-state index contributed by atoms with van der Waals surface area (Å²) < 4.78 is 0. The molecule has 1 fully saturated rings. The number of carboxylic acid groups (broad SMARTS) is 1. The monoisotopic (exact) mass is 299 g/mol. The van der Waals surface area contributed by atoms with Gasteiger partial charge in [-0.1, -0.05) is 13.8 Å². The van der Waals surface area contributed by atoms with Crippen LogP contribution in [-0.4, -0.2) is 53.1 Å². The number of piperazine rings is 1. The molecule has 2 unspecified atom stereocenters. The molecule has 1 saturated heterocycles. The van der Waals surface area contributed by atoms with E-state index in [9.17, 15) is 14.4 Å². The third-order valence-corrected chi connectivity index (χ3v) is 3.51. The Hall–Kier alpha value is -1.79. The Morgan fingerprint density at radius 1 is 1.38 bits per heavy atom. The van der Waals surface area contributed by atoms with E-state index in [-0.39, 0.29) is 18.5 Å². The molecule has 0 bridgehead atoms. The largest absolute Gasteiger partial charge is 0.481 e. The Kier molecular flexibility index (Phi) is 6.45. The van der Waals surface area contributed by atoms with Gasteiger partial charge in [0.05, 0.1) is 6.42 Å². The van der Waals surface area contributed by atoms with Gasteiger partial charge in [-0.25, -0.2) is 4.79 Å². The number of carbonyl (C=O) groups excluding carboxylic acids is 2. The molecule has 1 rings (SSSR count). The van der Waals surface area contributed by atoms with E-state index in [1.54, 1.807) is 0 Å². The molecule has 0 aromatic carbocycles. The number of nitrogens with zero attached hydrogens (tertiary/aromatic N) is 1. The first-order valence-corrected chi connectivity index (χ1v) is 7.38. The lowest BCUT2D eigenvalue weighted by Gasteiger charge is -2.35. The first kappa shape index (κ1) is 17.3. The van der Waals surface area contributed by atoms with Gasteiger partial charge in [-0.3, -0.25) is 9.59 Å². The van der Waals surface area contributed by atoms with Crippen molar-refractivity contribution in [2.24, 2.45) is 5.92 Å². The molecule has 7 nitrogen and oxygen atoms in total. The van der Waals surface area contributed by atoms with Gasteiger partial charge in [0.25, 0.3) is 0 Å². The summed E-state index contributed by atoms with van der Waals surface area (Å²) in [6.45, 7) is 6.82. The van der Waals surface area contributed by atoms with Crippen LogP contribution in [0.2, 0.25) is 0 Å². The second-order valence-electron chi connectivity index (χ2n) is 5.92. The third kappa shape index (κ3) is 5.61. The van der Waals surface area contributed by atoms with E-state index < -0.39 is 17.9 Å². The van der Waals surface area contributed by atoms with Crippen molar-refractivity contribution in [2.45, 2.75) is 52.1 Å². The summed E-state index contributed by atoms with van der Waals surface area (Å²) in [5, 5.41) is 14.3. The molecule has 1 heterocycles. The summed E-state index contributed by atoms with van der Waals surface area (Å²) in [5.74, 6) is -0.943. The minimum atomic E-state index is -1.09. The molecule has 0 radical (unpaired) electrons. The van der Waals surface area contributed by atoms with E-state index in [1.165, 1.54) is 4.90 Å². The fourth-order valence-electron chi connectivity index (χ4n) is 2.28. The minimum Gasteiger partial charge on any atom is -0.481 e. The van der Waals surface area contributed by atoms with Crippen molar-refractivity contribution in [1.29, 1.82) is 0 Å². The molecule has 0 spiro atoms. The highest BCUT2D eigenvalue weighted by Gasteiger charge is 2.34. The highest BCUT2D eigenvalue weighted by molar-refractivity contribution is 5.91. The molecule has 3 amide bonds. The van der Waals surface area contributed by atoms with E-state index in [4.69, 9.17) is 5.11 Å². The van der Waals surface area contributed by atoms with Gasteiger partial charge in [-0.15, -0.1) is 0 Å². The molecule has 0 aliphatic carbocycles. The number of hydrogen-bond acceptors (Lipinski definition) is 3. The minimum absolute atomic E-state index is 0.00429. The Bertz CT molecular complexity index is 398. The zero-order valence-corrected chi connectivity index (χ0v) is 12.9. The number of nitrogens with one attached hydrogen (secondary N) is 2. The van der Waals surface area contributed by atoms with Crippen molar-refractivity contribution in [3.05, 3.63) is 0 Å². The average Bonchev–Trinajstić information content (AvgIpc) is 2.38. The molecule has 7 heteroatoms. The van der Waals surface area contributed by atoms with Crippen LogP contribution in [0.4, 0.5) is 4.79 Å². The summed E-state index contributed by atoms with van der Waals surface area (Å²) >= 11 is 0. The number of amides is 3. The second-order valence-corrected chi connectivity index (χ2v) is 5.92. The van der Waals surface area contributed by atoms with E-state index in [1.807, 2.05) is 6.92 Å². The van der Waals surface area contributed by atoms with Gasteiger partial charge in [0.2, 0.25) is 5.91 Å². The van der Waals surface area contributed by atoms with Gasteiger partial charge >= 0.3 is 12.0 Å². The van der Waals surface area contributed by atoms with Crippen molar-refractivity contribution in [1.82, 2.24) is 15.5 Å².